The van der Waals surface area contributed by atoms with Crippen LogP contribution in [0.25, 0.3) is 0 Å². The Hall–Kier alpha value is -3.26. The predicted molar refractivity (Wildman–Crippen MR) is 109 cm³/mol. The summed E-state index contributed by atoms with van der Waals surface area (Å²) < 4.78 is 38.3. The Bertz CT molecular complexity index is 1060. The maximum absolute atomic E-state index is 12.6. The van der Waals surface area contributed by atoms with Crippen molar-refractivity contribution < 1.29 is 22.4 Å². The lowest BCUT2D eigenvalue weighted by atomic mass is 10.1. The van der Waals surface area contributed by atoms with Crippen LogP contribution in [0.15, 0.2) is 76.2 Å². The third-order valence-corrected chi connectivity index (χ3v) is 5.54. The average Bonchev–Trinajstić information content (AvgIpc) is 3.23. The number of nitrogens with one attached hydrogen (secondary N) is 2. The number of ether oxygens (including phenoxy) is 1. The first-order valence-corrected chi connectivity index (χ1v) is 10.6. The molecule has 1 aromatic heterocycles. The lowest BCUT2D eigenvalue weighted by molar-refractivity contribution is 0.0935. The molecule has 2 N–H and O–H groups in total. The fourth-order valence-electron chi connectivity index (χ4n) is 2.71. The van der Waals surface area contributed by atoms with E-state index in [1.165, 1.54) is 24.5 Å². The molecule has 1 amide bonds. The minimum Gasteiger partial charge on any atom is -0.494 e. The monoisotopic (exact) mass is 414 g/mol. The lowest BCUT2D eigenvalue weighted by Crippen LogP contribution is -2.26. The van der Waals surface area contributed by atoms with E-state index in [1.54, 1.807) is 49.4 Å². The molecule has 0 saturated carbocycles. The third-order valence-electron chi connectivity index (χ3n) is 4.14. The first-order valence-electron chi connectivity index (χ1n) is 9.09. The molecular weight excluding hydrogens is 392 g/mol. The Labute approximate surface area is 169 Å². The molecule has 0 spiro atoms. The molecule has 0 aliphatic carbocycles. The summed E-state index contributed by atoms with van der Waals surface area (Å²) in [6.45, 7) is 4.15. The summed E-state index contributed by atoms with van der Waals surface area (Å²) in [6, 6.07) is 15.6. The zero-order valence-electron chi connectivity index (χ0n) is 16.1. The summed E-state index contributed by atoms with van der Waals surface area (Å²) in [6.07, 6.45) is 1.54. The van der Waals surface area contributed by atoms with Gasteiger partial charge in [-0.25, -0.2) is 8.42 Å². The van der Waals surface area contributed by atoms with Crippen LogP contribution in [-0.4, -0.2) is 20.9 Å². The number of hydrogen-bond acceptors (Lipinski definition) is 5. The van der Waals surface area contributed by atoms with Crippen LogP contribution in [-0.2, 0) is 10.0 Å². The maximum Gasteiger partial charge on any atom is 0.261 e. The van der Waals surface area contributed by atoms with Crippen LogP contribution < -0.4 is 14.8 Å². The van der Waals surface area contributed by atoms with Crippen molar-refractivity contribution in [3.05, 3.63) is 78.3 Å². The molecule has 2 aromatic carbocycles. The number of amides is 1. The molecular formula is C21H22N2O5S. The SMILES string of the molecule is CCOc1ccc(S(=O)(=O)Nc2cccc(C(=O)N[C@H](C)c3ccco3)c2)cc1. The molecule has 0 bridgehead atoms. The Morgan fingerprint density at radius 3 is 2.52 bits per heavy atom. The molecule has 0 radical (unpaired) electrons. The molecule has 0 aliphatic rings. The summed E-state index contributed by atoms with van der Waals surface area (Å²) in [5.74, 6) is 0.887. The number of anilines is 1. The summed E-state index contributed by atoms with van der Waals surface area (Å²) in [7, 11) is -3.80. The summed E-state index contributed by atoms with van der Waals surface area (Å²) in [5.41, 5.74) is 0.618. The molecule has 29 heavy (non-hydrogen) atoms. The van der Waals surface area contributed by atoms with Gasteiger partial charge in [0.25, 0.3) is 15.9 Å². The normalized spacial score (nSPS) is 12.2. The highest BCUT2D eigenvalue weighted by atomic mass is 32.2. The average molecular weight is 414 g/mol. The van der Waals surface area contributed by atoms with Gasteiger partial charge in [-0.1, -0.05) is 6.07 Å². The van der Waals surface area contributed by atoms with Gasteiger partial charge in [-0.2, -0.15) is 0 Å². The van der Waals surface area contributed by atoms with E-state index in [4.69, 9.17) is 9.15 Å². The molecule has 0 unspecified atom stereocenters. The van der Waals surface area contributed by atoms with Gasteiger partial charge in [-0.3, -0.25) is 9.52 Å². The van der Waals surface area contributed by atoms with E-state index in [9.17, 15) is 13.2 Å². The standard InChI is InChI=1S/C21H22N2O5S/c1-3-27-18-9-11-19(12-10-18)29(25,26)23-17-7-4-6-16(14-17)21(24)22-15(2)20-8-5-13-28-20/h4-15,23H,3H2,1-2H3,(H,22,24)/t15-/m1/s1. The van der Waals surface area contributed by atoms with Crippen molar-refractivity contribution in [3.63, 3.8) is 0 Å². The molecule has 0 aliphatic heterocycles. The predicted octanol–water partition coefficient (Wildman–Crippen LogP) is 3.97. The van der Waals surface area contributed by atoms with Gasteiger partial charge in [0.15, 0.2) is 0 Å². The summed E-state index contributed by atoms with van der Waals surface area (Å²) in [5, 5.41) is 2.81. The van der Waals surface area contributed by atoms with Crippen LogP contribution in [0.1, 0.15) is 36.0 Å². The molecule has 0 fully saturated rings. The second-order valence-corrected chi connectivity index (χ2v) is 7.98. The van der Waals surface area contributed by atoms with Crippen molar-refractivity contribution in [3.8, 4) is 5.75 Å². The van der Waals surface area contributed by atoms with Gasteiger partial charge in [0.2, 0.25) is 0 Å². The molecule has 8 heteroatoms. The molecule has 3 rings (SSSR count). The van der Waals surface area contributed by atoms with Crippen LogP contribution in [0.3, 0.4) is 0 Å². The van der Waals surface area contributed by atoms with Gasteiger partial charge < -0.3 is 14.5 Å². The molecule has 0 saturated heterocycles. The number of carbonyl (C=O) groups excluding carboxylic acids is 1. The fourth-order valence-corrected chi connectivity index (χ4v) is 3.76. The minimum absolute atomic E-state index is 0.0993. The number of rotatable bonds is 8. The topological polar surface area (TPSA) is 97.6 Å². The molecule has 152 valence electrons. The highest BCUT2D eigenvalue weighted by molar-refractivity contribution is 7.92. The van der Waals surface area contributed by atoms with Crippen LogP contribution in [0.2, 0.25) is 0 Å². The first-order chi connectivity index (χ1) is 13.9. The van der Waals surface area contributed by atoms with Gasteiger partial charge in [0, 0.05) is 11.3 Å². The number of sulfonamides is 1. The maximum atomic E-state index is 12.6. The summed E-state index contributed by atoms with van der Waals surface area (Å²) in [4.78, 5) is 12.6. The molecule has 1 heterocycles. The second-order valence-electron chi connectivity index (χ2n) is 6.30. The number of hydrogen-bond donors (Lipinski definition) is 2. The van der Waals surface area contributed by atoms with Gasteiger partial charge in [-0.15, -0.1) is 0 Å². The van der Waals surface area contributed by atoms with E-state index in [0.29, 0.717) is 23.7 Å². The Balaban J connectivity index is 1.72. The minimum atomic E-state index is -3.80. The van der Waals surface area contributed by atoms with Crippen molar-refractivity contribution in [1.29, 1.82) is 0 Å². The van der Waals surface area contributed by atoms with Gasteiger partial charge in [0.05, 0.1) is 23.8 Å². The largest absolute Gasteiger partial charge is 0.494 e. The van der Waals surface area contributed by atoms with E-state index in [1.807, 2.05) is 6.92 Å². The Kier molecular flexibility index (Phi) is 6.23. The van der Waals surface area contributed by atoms with Crippen molar-refractivity contribution in [2.75, 3.05) is 11.3 Å². The highest BCUT2D eigenvalue weighted by Gasteiger charge is 2.17. The van der Waals surface area contributed by atoms with Crippen molar-refractivity contribution >= 4 is 21.6 Å². The molecule has 7 nitrogen and oxygen atoms in total. The highest BCUT2D eigenvalue weighted by Crippen LogP contribution is 2.21. The van der Waals surface area contributed by atoms with E-state index < -0.39 is 10.0 Å². The van der Waals surface area contributed by atoms with Crippen molar-refractivity contribution in [1.82, 2.24) is 5.32 Å². The Morgan fingerprint density at radius 1 is 1.10 bits per heavy atom. The molecule has 3 aromatic rings. The smallest absolute Gasteiger partial charge is 0.261 e. The second kappa shape index (κ2) is 8.83. The third kappa shape index (κ3) is 5.17. The van der Waals surface area contributed by atoms with Crippen LogP contribution in [0, 0.1) is 0 Å². The fraction of sp³-hybridized carbons (Fsp3) is 0.190. The zero-order valence-corrected chi connectivity index (χ0v) is 16.9. The van der Waals surface area contributed by atoms with Crippen molar-refractivity contribution in [2.45, 2.75) is 24.8 Å². The van der Waals surface area contributed by atoms with Crippen molar-refractivity contribution in [2.24, 2.45) is 0 Å². The van der Waals surface area contributed by atoms with Crippen LogP contribution >= 0.6 is 0 Å². The molecule has 1 atom stereocenters. The van der Waals surface area contributed by atoms with Crippen LogP contribution in [0.5, 0.6) is 5.75 Å². The number of carbonyl (C=O) groups is 1. The Morgan fingerprint density at radius 2 is 1.86 bits per heavy atom. The number of furan rings is 1. The first kappa shape index (κ1) is 20.5. The number of benzene rings is 2. The van der Waals surface area contributed by atoms with E-state index >= 15 is 0 Å². The lowest BCUT2D eigenvalue weighted by Gasteiger charge is -2.13. The van der Waals surface area contributed by atoms with Gasteiger partial charge in [0.1, 0.15) is 11.5 Å². The van der Waals surface area contributed by atoms with E-state index in [-0.39, 0.29) is 22.5 Å². The van der Waals surface area contributed by atoms with Crippen LogP contribution in [0.4, 0.5) is 5.69 Å². The van der Waals surface area contributed by atoms with Gasteiger partial charge >= 0.3 is 0 Å². The quantitative estimate of drug-likeness (QED) is 0.581. The zero-order chi connectivity index (χ0) is 20.9. The van der Waals surface area contributed by atoms with E-state index in [2.05, 4.69) is 10.0 Å². The van der Waals surface area contributed by atoms with E-state index in [0.717, 1.165) is 0 Å². The van der Waals surface area contributed by atoms with Gasteiger partial charge in [-0.05, 0) is 68.4 Å². The summed E-state index contributed by atoms with van der Waals surface area (Å²) >= 11 is 0.